The summed E-state index contributed by atoms with van der Waals surface area (Å²) in [6, 6.07) is 4.37. The Hall–Kier alpha value is -1.95. The van der Waals surface area contributed by atoms with Gasteiger partial charge in [0.25, 0.3) is 5.91 Å². The second-order valence-electron chi connectivity index (χ2n) is 6.83. The van der Waals surface area contributed by atoms with Crippen LogP contribution in [0.5, 0.6) is 0 Å². The highest BCUT2D eigenvalue weighted by atomic mass is 19.1. The summed E-state index contributed by atoms with van der Waals surface area (Å²) in [5, 5.41) is 0. The van der Waals surface area contributed by atoms with Crippen LogP contribution in [0, 0.1) is 11.7 Å². The summed E-state index contributed by atoms with van der Waals surface area (Å²) in [7, 11) is 0. The van der Waals surface area contributed by atoms with Crippen molar-refractivity contribution in [3.63, 3.8) is 0 Å². The lowest BCUT2D eigenvalue weighted by atomic mass is 9.92. The van der Waals surface area contributed by atoms with Gasteiger partial charge in [0.1, 0.15) is 5.82 Å². The van der Waals surface area contributed by atoms with Gasteiger partial charge in [0, 0.05) is 37.8 Å². The third-order valence-corrected chi connectivity index (χ3v) is 5.05. The Balaban J connectivity index is 1.82. The molecule has 2 amide bonds. The van der Waals surface area contributed by atoms with E-state index in [4.69, 9.17) is 5.73 Å². The van der Waals surface area contributed by atoms with E-state index >= 15 is 0 Å². The van der Waals surface area contributed by atoms with E-state index in [0.29, 0.717) is 31.7 Å². The van der Waals surface area contributed by atoms with E-state index in [9.17, 15) is 14.0 Å². The molecule has 2 saturated heterocycles. The molecule has 2 N–H and O–H groups in total. The molecule has 0 spiro atoms. The first-order chi connectivity index (χ1) is 11.5. The van der Waals surface area contributed by atoms with Crippen LogP contribution in [0.4, 0.5) is 10.1 Å². The molecule has 3 rings (SSSR count). The van der Waals surface area contributed by atoms with Crippen molar-refractivity contribution in [2.75, 3.05) is 24.5 Å². The summed E-state index contributed by atoms with van der Waals surface area (Å²) in [4.78, 5) is 28.0. The Kier molecular flexibility index (Phi) is 4.85. The van der Waals surface area contributed by atoms with Crippen LogP contribution in [0.3, 0.4) is 0 Å². The third-order valence-electron chi connectivity index (χ3n) is 5.05. The standard InChI is InChI=1S/C18H24FN3O2/c1-12(20)13-4-2-8-21(11-13)18(24)15-10-14(6-7-16(15)19)22-9-3-5-17(22)23/h6-7,10,12-13H,2-5,8-9,11,20H2,1H3/t12-,13-/m1/s1. The average molecular weight is 333 g/mol. The fourth-order valence-electron chi connectivity index (χ4n) is 3.56. The highest BCUT2D eigenvalue weighted by Crippen LogP contribution is 2.26. The highest BCUT2D eigenvalue weighted by Gasteiger charge is 2.29. The van der Waals surface area contributed by atoms with Crippen LogP contribution in [-0.2, 0) is 4.79 Å². The van der Waals surface area contributed by atoms with Gasteiger partial charge in [0.15, 0.2) is 0 Å². The summed E-state index contributed by atoms with van der Waals surface area (Å²) in [5.74, 6) is -0.589. The molecular weight excluding hydrogens is 309 g/mol. The molecule has 130 valence electrons. The maximum Gasteiger partial charge on any atom is 0.256 e. The maximum absolute atomic E-state index is 14.2. The molecule has 5 nitrogen and oxygen atoms in total. The van der Waals surface area contributed by atoms with Crippen molar-refractivity contribution in [3.05, 3.63) is 29.6 Å². The number of halogens is 1. The van der Waals surface area contributed by atoms with Crippen molar-refractivity contribution in [2.45, 2.75) is 38.6 Å². The second-order valence-corrected chi connectivity index (χ2v) is 6.83. The Morgan fingerprint density at radius 1 is 1.33 bits per heavy atom. The minimum absolute atomic E-state index is 0.0130. The van der Waals surface area contributed by atoms with Gasteiger partial charge in [-0.1, -0.05) is 0 Å². The maximum atomic E-state index is 14.2. The fourth-order valence-corrected chi connectivity index (χ4v) is 3.56. The summed E-state index contributed by atoms with van der Waals surface area (Å²) < 4.78 is 14.2. The number of hydrogen-bond acceptors (Lipinski definition) is 3. The molecule has 1 aromatic carbocycles. The average Bonchev–Trinajstić information content (AvgIpc) is 3.01. The van der Waals surface area contributed by atoms with Gasteiger partial charge >= 0.3 is 0 Å². The topological polar surface area (TPSA) is 66.6 Å². The van der Waals surface area contributed by atoms with Gasteiger partial charge in [0.05, 0.1) is 5.56 Å². The zero-order valence-electron chi connectivity index (χ0n) is 14.0. The number of hydrogen-bond donors (Lipinski definition) is 1. The molecule has 0 aliphatic carbocycles. The van der Waals surface area contributed by atoms with Crippen LogP contribution < -0.4 is 10.6 Å². The Morgan fingerprint density at radius 2 is 2.12 bits per heavy atom. The molecule has 1 aromatic rings. The first-order valence-electron chi connectivity index (χ1n) is 8.62. The number of anilines is 1. The first-order valence-corrected chi connectivity index (χ1v) is 8.62. The molecule has 0 unspecified atom stereocenters. The van der Waals surface area contributed by atoms with Crippen LogP contribution in [0.25, 0.3) is 0 Å². The van der Waals surface area contributed by atoms with Crippen LogP contribution in [-0.4, -0.2) is 42.4 Å². The molecule has 2 fully saturated rings. The predicted molar refractivity (Wildman–Crippen MR) is 90.3 cm³/mol. The number of rotatable bonds is 3. The zero-order valence-corrected chi connectivity index (χ0v) is 14.0. The summed E-state index contributed by atoms with van der Waals surface area (Å²) in [6.45, 7) is 3.74. The van der Waals surface area contributed by atoms with Crippen molar-refractivity contribution < 1.29 is 14.0 Å². The highest BCUT2D eigenvalue weighted by molar-refractivity contribution is 5.99. The van der Waals surface area contributed by atoms with Gasteiger partial charge in [-0.3, -0.25) is 9.59 Å². The van der Waals surface area contributed by atoms with Crippen molar-refractivity contribution in [1.82, 2.24) is 4.90 Å². The van der Waals surface area contributed by atoms with Gasteiger partial charge < -0.3 is 15.5 Å². The van der Waals surface area contributed by atoms with Gasteiger partial charge in [-0.25, -0.2) is 4.39 Å². The molecule has 6 heteroatoms. The minimum atomic E-state index is -0.543. The number of benzene rings is 1. The smallest absolute Gasteiger partial charge is 0.256 e. The van der Waals surface area contributed by atoms with Gasteiger partial charge in [0.2, 0.25) is 5.91 Å². The van der Waals surface area contributed by atoms with Crippen LogP contribution in [0.1, 0.15) is 43.0 Å². The number of piperidine rings is 1. The van der Waals surface area contributed by atoms with Crippen LogP contribution >= 0.6 is 0 Å². The van der Waals surface area contributed by atoms with Gasteiger partial charge in [-0.05, 0) is 50.3 Å². The molecule has 2 aliphatic rings. The van der Waals surface area contributed by atoms with Crippen molar-refractivity contribution >= 4 is 17.5 Å². The molecule has 0 saturated carbocycles. The molecule has 2 atom stereocenters. The molecule has 2 aliphatic heterocycles. The number of likely N-dealkylation sites (tertiary alicyclic amines) is 1. The van der Waals surface area contributed by atoms with Crippen molar-refractivity contribution in [1.29, 1.82) is 0 Å². The van der Waals surface area contributed by atoms with Crippen LogP contribution in [0.15, 0.2) is 18.2 Å². The molecule has 2 heterocycles. The van der Waals surface area contributed by atoms with E-state index in [1.165, 1.54) is 12.1 Å². The summed E-state index contributed by atoms with van der Waals surface area (Å²) in [6.07, 6.45) is 3.17. The van der Waals surface area contributed by atoms with E-state index in [1.807, 2.05) is 6.92 Å². The molecule has 0 radical (unpaired) electrons. The first kappa shape index (κ1) is 16.9. The lowest BCUT2D eigenvalue weighted by Crippen LogP contribution is -2.45. The number of nitrogens with zero attached hydrogens (tertiary/aromatic N) is 2. The Morgan fingerprint density at radius 3 is 2.79 bits per heavy atom. The number of nitrogens with two attached hydrogens (primary N) is 1. The van der Waals surface area contributed by atoms with Crippen LogP contribution in [0.2, 0.25) is 0 Å². The van der Waals surface area contributed by atoms with Gasteiger partial charge in [-0.2, -0.15) is 0 Å². The van der Waals surface area contributed by atoms with E-state index in [2.05, 4.69) is 0 Å². The van der Waals surface area contributed by atoms with Crippen molar-refractivity contribution in [3.8, 4) is 0 Å². The molecule has 24 heavy (non-hydrogen) atoms. The monoisotopic (exact) mass is 333 g/mol. The lowest BCUT2D eigenvalue weighted by molar-refractivity contribution is -0.117. The van der Waals surface area contributed by atoms with E-state index < -0.39 is 5.82 Å². The number of amides is 2. The third kappa shape index (κ3) is 3.29. The normalized spacial score (nSPS) is 22.8. The quantitative estimate of drug-likeness (QED) is 0.922. The largest absolute Gasteiger partial charge is 0.338 e. The lowest BCUT2D eigenvalue weighted by Gasteiger charge is -2.34. The predicted octanol–water partition coefficient (Wildman–Crippen LogP) is 2.15. The van der Waals surface area contributed by atoms with Crippen molar-refractivity contribution in [2.24, 2.45) is 11.7 Å². The molecule has 0 aromatic heterocycles. The Labute approximate surface area is 141 Å². The fraction of sp³-hybridized carbons (Fsp3) is 0.556. The SMILES string of the molecule is C[C@@H](N)[C@@H]1CCCN(C(=O)c2cc(N3CCCC3=O)ccc2F)C1. The molecular formula is C18H24FN3O2. The van der Waals surface area contributed by atoms with E-state index in [0.717, 1.165) is 19.3 Å². The second kappa shape index (κ2) is 6.89. The van der Waals surface area contributed by atoms with Gasteiger partial charge in [-0.15, -0.1) is 0 Å². The minimum Gasteiger partial charge on any atom is -0.338 e. The summed E-state index contributed by atoms with van der Waals surface area (Å²) in [5.41, 5.74) is 6.60. The summed E-state index contributed by atoms with van der Waals surface area (Å²) >= 11 is 0. The zero-order chi connectivity index (χ0) is 17.3. The molecule has 0 bridgehead atoms. The number of carbonyl (C=O) groups is 2. The van der Waals surface area contributed by atoms with E-state index in [-0.39, 0.29) is 29.3 Å². The Bertz CT molecular complexity index is 647. The number of carbonyl (C=O) groups excluding carboxylic acids is 2. The van der Waals surface area contributed by atoms with E-state index in [1.54, 1.807) is 15.9 Å².